The average molecular weight is 833 g/mol. The lowest BCUT2D eigenvalue weighted by atomic mass is 9.43. The normalized spacial score (nSPS) is 13.9. The minimum absolute atomic E-state index is 0.0274. The summed E-state index contributed by atoms with van der Waals surface area (Å²) < 4.78 is 15.2. The summed E-state index contributed by atoms with van der Waals surface area (Å²) >= 11 is 3.80. The molecule has 62 heavy (non-hydrogen) atoms. The topological polar surface area (TPSA) is 21.3 Å². The maximum Gasteiger partial charge on any atom is 0.333 e. The van der Waals surface area contributed by atoms with Crippen molar-refractivity contribution in [2.24, 2.45) is 0 Å². The zero-order chi connectivity index (χ0) is 41.6. The standard InChI is InChI=1S/C56H41BN2OS2/c1-55(2,3)30-19-22-32(23-20-30)59-42-29-48-36(33-13-8-11-17-45(33)62-48)26-39(42)51-52-53-49(50-35-15-7-10-16-44(35)60-54(50)51)38-25-31(56(4,5)6)21-24-41(38)58(53)43-27-37-34-14-9-12-18-46(34)61-47(37)28-40(43)57(52)59/h7-29H,1-6H3. The van der Waals surface area contributed by atoms with Gasteiger partial charge in [-0.25, -0.2) is 0 Å². The summed E-state index contributed by atoms with van der Waals surface area (Å²) in [7, 11) is 0. The molecule has 12 aromatic rings. The van der Waals surface area contributed by atoms with E-state index in [1.54, 1.807) is 0 Å². The van der Waals surface area contributed by atoms with Crippen molar-refractivity contribution < 1.29 is 4.42 Å². The molecule has 0 amide bonds. The van der Waals surface area contributed by atoms with Gasteiger partial charge in [0.2, 0.25) is 0 Å². The maximum absolute atomic E-state index is 7.29. The first-order valence-corrected chi connectivity index (χ1v) is 23.4. The molecule has 0 saturated heterocycles. The molecular formula is C56H41BN2OS2. The van der Waals surface area contributed by atoms with E-state index in [0.29, 0.717) is 0 Å². The smallest absolute Gasteiger partial charge is 0.333 e. The van der Waals surface area contributed by atoms with Gasteiger partial charge in [0.15, 0.2) is 0 Å². The fraction of sp³-hybridized carbons (Fsp3) is 0.143. The van der Waals surface area contributed by atoms with Gasteiger partial charge < -0.3 is 13.8 Å². The molecule has 6 heteroatoms. The predicted molar refractivity (Wildman–Crippen MR) is 270 cm³/mol. The van der Waals surface area contributed by atoms with Crippen LogP contribution < -0.4 is 15.7 Å². The second-order valence-corrected chi connectivity index (χ2v) is 21.8. The van der Waals surface area contributed by atoms with Crippen molar-refractivity contribution in [3.63, 3.8) is 0 Å². The van der Waals surface area contributed by atoms with Crippen molar-refractivity contribution in [1.82, 2.24) is 4.57 Å². The third kappa shape index (κ3) is 4.51. The van der Waals surface area contributed by atoms with E-state index in [4.69, 9.17) is 4.42 Å². The van der Waals surface area contributed by atoms with E-state index in [2.05, 4.69) is 190 Å². The Morgan fingerprint density at radius 2 is 1.15 bits per heavy atom. The van der Waals surface area contributed by atoms with Crippen LogP contribution in [0.1, 0.15) is 52.7 Å². The van der Waals surface area contributed by atoms with Crippen LogP contribution >= 0.6 is 22.7 Å². The number of nitrogens with zero attached hydrogens (tertiary/aromatic N) is 2. The van der Waals surface area contributed by atoms with Crippen molar-refractivity contribution >= 4 is 136 Å². The van der Waals surface area contributed by atoms with E-state index < -0.39 is 0 Å². The number of fused-ring (bicyclic) bond motifs is 19. The summed E-state index contributed by atoms with van der Waals surface area (Å²) in [5.41, 5.74) is 15.8. The van der Waals surface area contributed by atoms with Gasteiger partial charge in [-0.05, 0) is 99.6 Å². The number of hydrogen-bond donors (Lipinski definition) is 0. The van der Waals surface area contributed by atoms with Gasteiger partial charge >= 0.3 is 6.85 Å². The van der Waals surface area contributed by atoms with Crippen molar-refractivity contribution in [1.29, 1.82) is 0 Å². The molecule has 0 radical (unpaired) electrons. The van der Waals surface area contributed by atoms with Gasteiger partial charge in [0.1, 0.15) is 11.2 Å². The number of furan rings is 1. The Bertz CT molecular complexity index is 3960. The fourth-order valence-corrected chi connectivity index (χ4v) is 13.3. The van der Waals surface area contributed by atoms with E-state index in [1.165, 1.54) is 118 Å². The maximum atomic E-state index is 7.29. The lowest BCUT2D eigenvalue weighted by molar-refractivity contribution is 0.590. The van der Waals surface area contributed by atoms with Crippen LogP contribution in [0.5, 0.6) is 0 Å². The highest BCUT2D eigenvalue weighted by molar-refractivity contribution is 7.26. The number of anilines is 2. The molecule has 0 atom stereocenters. The van der Waals surface area contributed by atoms with E-state index >= 15 is 0 Å². The molecule has 296 valence electrons. The highest BCUT2D eigenvalue weighted by Crippen LogP contribution is 2.53. The van der Waals surface area contributed by atoms with Crippen molar-refractivity contribution in [2.75, 3.05) is 4.81 Å². The van der Waals surface area contributed by atoms with Crippen LogP contribution in [-0.2, 0) is 10.8 Å². The summed E-state index contributed by atoms with van der Waals surface area (Å²) in [5.74, 6) is 0. The Morgan fingerprint density at radius 3 is 1.85 bits per heavy atom. The summed E-state index contributed by atoms with van der Waals surface area (Å²) in [4.78, 5) is 2.68. The molecule has 4 aromatic heterocycles. The van der Waals surface area contributed by atoms with Crippen molar-refractivity contribution in [2.45, 2.75) is 52.4 Å². The van der Waals surface area contributed by atoms with Gasteiger partial charge in [0.05, 0.1) is 11.0 Å². The summed E-state index contributed by atoms with van der Waals surface area (Å²) in [6, 6.07) is 53.3. The number of benzene rings is 8. The fourth-order valence-electron chi connectivity index (χ4n) is 11.1. The quantitative estimate of drug-likeness (QED) is 0.154. The van der Waals surface area contributed by atoms with Crippen LogP contribution in [0.4, 0.5) is 11.4 Å². The second kappa shape index (κ2) is 11.8. The Kier molecular flexibility index (Phi) is 6.70. The highest BCUT2D eigenvalue weighted by Gasteiger charge is 2.46. The molecule has 0 fully saturated rings. The van der Waals surface area contributed by atoms with Crippen LogP contribution in [-0.4, -0.2) is 11.4 Å². The van der Waals surface area contributed by atoms with Gasteiger partial charge in [-0.15, -0.1) is 22.7 Å². The Labute approximate surface area is 367 Å². The van der Waals surface area contributed by atoms with E-state index in [1.807, 2.05) is 22.7 Å². The molecule has 2 aliphatic rings. The minimum atomic E-state index is -0.131. The minimum Gasteiger partial charge on any atom is -0.455 e. The van der Waals surface area contributed by atoms with E-state index in [-0.39, 0.29) is 17.7 Å². The number of aromatic nitrogens is 1. The largest absolute Gasteiger partial charge is 0.455 e. The van der Waals surface area contributed by atoms with Crippen LogP contribution in [0.15, 0.2) is 144 Å². The lowest BCUT2D eigenvalue weighted by Crippen LogP contribution is -2.60. The van der Waals surface area contributed by atoms with Gasteiger partial charge in [-0.2, -0.15) is 0 Å². The zero-order valence-electron chi connectivity index (χ0n) is 35.5. The van der Waals surface area contributed by atoms with Crippen LogP contribution in [0.25, 0.3) is 101 Å². The molecule has 0 aliphatic carbocycles. The summed E-state index contributed by atoms with van der Waals surface area (Å²) in [6.45, 7) is 13.8. The van der Waals surface area contributed by atoms with Gasteiger partial charge in [0, 0.05) is 90.1 Å². The Hall–Kier alpha value is -6.34. The zero-order valence-corrected chi connectivity index (χ0v) is 37.1. The number of thiophene rings is 2. The van der Waals surface area contributed by atoms with Gasteiger partial charge in [-0.3, -0.25) is 0 Å². The molecule has 0 unspecified atom stereocenters. The molecule has 0 N–H and O–H groups in total. The number of hydrogen-bond acceptors (Lipinski definition) is 4. The van der Waals surface area contributed by atoms with Crippen LogP contribution in [0, 0.1) is 0 Å². The van der Waals surface area contributed by atoms with Gasteiger partial charge in [0.25, 0.3) is 0 Å². The van der Waals surface area contributed by atoms with Crippen LogP contribution in [0.2, 0.25) is 0 Å². The van der Waals surface area contributed by atoms with Gasteiger partial charge in [-0.1, -0.05) is 114 Å². The molecule has 0 spiro atoms. The summed E-state index contributed by atoms with van der Waals surface area (Å²) in [6.07, 6.45) is 0. The first-order chi connectivity index (χ1) is 30.0. The average Bonchev–Trinajstić information content (AvgIpc) is 4.02. The number of rotatable bonds is 1. The second-order valence-electron chi connectivity index (χ2n) is 19.7. The van der Waals surface area contributed by atoms with Crippen molar-refractivity contribution in [3.8, 4) is 16.8 Å². The Morgan fingerprint density at radius 1 is 0.516 bits per heavy atom. The first-order valence-electron chi connectivity index (χ1n) is 21.8. The number of para-hydroxylation sites is 1. The molecule has 0 bridgehead atoms. The molecule has 3 nitrogen and oxygen atoms in total. The van der Waals surface area contributed by atoms with Crippen LogP contribution in [0.3, 0.4) is 0 Å². The first kappa shape index (κ1) is 35.3. The highest BCUT2D eigenvalue weighted by atomic mass is 32.1. The molecule has 6 heterocycles. The predicted octanol–water partition coefficient (Wildman–Crippen LogP) is 15.3. The lowest BCUT2D eigenvalue weighted by Gasteiger charge is -2.42. The molecule has 0 saturated carbocycles. The monoisotopic (exact) mass is 832 g/mol. The molecule has 8 aromatic carbocycles. The molecular weight excluding hydrogens is 792 g/mol. The van der Waals surface area contributed by atoms with E-state index in [9.17, 15) is 0 Å². The van der Waals surface area contributed by atoms with E-state index in [0.717, 1.165) is 16.6 Å². The molecule has 2 aliphatic heterocycles. The summed E-state index contributed by atoms with van der Waals surface area (Å²) in [5, 5.41) is 10.2. The molecule has 14 rings (SSSR count). The SMILES string of the molecule is CC(C)(C)c1ccc(N2B3c4cc5sc6ccccc6c5cc4-n4c5ccc(C(C)(C)C)cc5c5c6c(oc7ccccc76)c(c3c54)-c3cc4c(cc32)sc2ccccc24)cc1. The Balaban J connectivity index is 1.24. The van der Waals surface area contributed by atoms with Crippen molar-refractivity contribution in [3.05, 3.63) is 151 Å². The third-order valence-electron chi connectivity index (χ3n) is 14.1. The third-order valence-corrected chi connectivity index (χ3v) is 16.3.